The summed E-state index contributed by atoms with van der Waals surface area (Å²) in [6.07, 6.45) is 3.62. The molecule has 30 heavy (non-hydrogen) atoms. The maximum Gasteiger partial charge on any atom is 0.338 e. The van der Waals surface area contributed by atoms with Crippen molar-refractivity contribution in [3.63, 3.8) is 0 Å². The van der Waals surface area contributed by atoms with E-state index >= 15 is 0 Å². The molecule has 1 fully saturated rings. The average Bonchev–Trinajstić information content (AvgIpc) is 2.75. The molecule has 1 heterocycles. The van der Waals surface area contributed by atoms with Crippen LogP contribution >= 0.6 is 0 Å². The summed E-state index contributed by atoms with van der Waals surface area (Å²) < 4.78 is 4.95. The van der Waals surface area contributed by atoms with Crippen molar-refractivity contribution in [2.24, 2.45) is 11.0 Å². The highest BCUT2D eigenvalue weighted by Gasteiger charge is 2.23. The van der Waals surface area contributed by atoms with E-state index in [4.69, 9.17) is 4.74 Å². The van der Waals surface area contributed by atoms with Crippen LogP contribution in [0, 0.1) is 16.0 Å². The third-order valence-electron chi connectivity index (χ3n) is 5.12. The van der Waals surface area contributed by atoms with Gasteiger partial charge in [0.05, 0.1) is 29.0 Å². The highest BCUT2D eigenvalue weighted by Crippen LogP contribution is 2.32. The summed E-state index contributed by atoms with van der Waals surface area (Å²) in [6, 6.07) is 11.9. The second-order valence-corrected chi connectivity index (χ2v) is 7.34. The highest BCUT2D eigenvalue weighted by molar-refractivity contribution is 5.90. The molecule has 0 aliphatic carbocycles. The largest absolute Gasteiger partial charge is 0.462 e. The molecule has 0 spiro atoms. The molecule has 0 bridgehead atoms. The van der Waals surface area contributed by atoms with E-state index in [9.17, 15) is 14.9 Å². The molecule has 8 heteroatoms. The van der Waals surface area contributed by atoms with Crippen LogP contribution in [0.3, 0.4) is 0 Å². The molecule has 0 atom stereocenters. The van der Waals surface area contributed by atoms with Gasteiger partial charge in [0.1, 0.15) is 5.69 Å². The van der Waals surface area contributed by atoms with Gasteiger partial charge in [-0.05, 0) is 56.0 Å². The van der Waals surface area contributed by atoms with Crippen molar-refractivity contribution < 1.29 is 14.5 Å². The molecule has 1 N–H and O–H groups in total. The van der Waals surface area contributed by atoms with Crippen molar-refractivity contribution in [3.8, 4) is 0 Å². The summed E-state index contributed by atoms with van der Waals surface area (Å²) in [5, 5.41) is 15.7. The maximum atomic E-state index is 11.7. The molecular weight excluding hydrogens is 384 g/mol. The van der Waals surface area contributed by atoms with E-state index in [1.54, 1.807) is 43.3 Å². The van der Waals surface area contributed by atoms with Crippen molar-refractivity contribution in [1.29, 1.82) is 0 Å². The maximum absolute atomic E-state index is 11.7. The van der Waals surface area contributed by atoms with Crippen molar-refractivity contribution in [2.75, 3.05) is 30.0 Å². The lowest BCUT2D eigenvalue weighted by atomic mass is 9.98. The first-order valence-electron chi connectivity index (χ1n) is 10.1. The highest BCUT2D eigenvalue weighted by atomic mass is 16.6. The van der Waals surface area contributed by atoms with E-state index in [2.05, 4.69) is 22.4 Å². The van der Waals surface area contributed by atoms with Crippen LogP contribution in [-0.2, 0) is 4.74 Å². The SMILES string of the molecule is CCOC(=O)c1ccc(N/N=C\c2ccc(N3CCC(C)CC3)c([N+](=O)[O-])c2)cc1. The molecule has 8 nitrogen and oxygen atoms in total. The molecule has 0 unspecified atom stereocenters. The summed E-state index contributed by atoms with van der Waals surface area (Å²) >= 11 is 0. The number of ether oxygens (including phenoxy) is 1. The van der Waals surface area contributed by atoms with Crippen molar-refractivity contribution in [2.45, 2.75) is 26.7 Å². The number of nitrogens with zero attached hydrogens (tertiary/aromatic N) is 3. The minimum atomic E-state index is -0.372. The van der Waals surface area contributed by atoms with Gasteiger partial charge in [0.15, 0.2) is 0 Å². The fraction of sp³-hybridized carbons (Fsp3) is 0.364. The quantitative estimate of drug-likeness (QED) is 0.313. The number of esters is 1. The minimum Gasteiger partial charge on any atom is -0.462 e. The average molecular weight is 410 g/mol. The predicted octanol–water partition coefficient (Wildman–Crippen LogP) is 4.45. The van der Waals surface area contributed by atoms with Gasteiger partial charge in [-0.2, -0.15) is 5.10 Å². The Bertz CT molecular complexity index is 919. The van der Waals surface area contributed by atoms with Gasteiger partial charge in [0.25, 0.3) is 5.69 Å². The number of nitrogens with one attached hydrogen (secondary N) is 1. The number of carbonyl (C=O) groups is 1. The number of nitro benzene ring substituents is 1. The molecular formula is C22H26N4O4. The lowest BCUT2D eigenvalue weighted by molar-refractivity contribution is -0.384. The second kappa shape index (κ2) is 9.87. The second-order valence-electron chi connectivity index (χ2n) is 7.34. The zero-order chi connectivity index (χ0) is 21.5. The predicted molar refractivity (Wildman–Crippen MR) is 117 cm³/mol. The van der Waals surface area contributed by atoms with E-state index in [-0.39, 0.29) is 16.6 Å². The number of hydrogen-bond acceptors (Lipinski definition) is 7. The molecule has 158 valence electrons. The van der Waals surface area contributed by atoms with Gasteiger partial charge < -0.3 is 9.64 Å². The summed E-state index contributed by atoms with van der Waals surface area (Å²) in [4.78, 5) is 25.0. The van der Waals surface area contributed by atoms with Gasteiger partial charge in [-0.3, -0.25) is 15.5 Å². The summed E-state index contributed by atoms with van der Waals surface area (Å²) in [6.45, 7) is 5.96. The van der Waals surface area contributed by atoms with E-state index in [1.165, 1.54) is 6.21 Å². The standard InChI is InChI=1S/C22H26N4O4/c1-3-30-22(27)18-5-7-19(8-6-18)24-23-15-17-4-9-20(21(14-17)26(28)29)25-12-10-16(2)11-13-25/h4-9,14-16,24H,3,10-13H2,1-2H3/b23-15-. The Morgan fingerprint density at radius 2 is 1.97 bits per heavy atom. The minimum absolute atomic E-state index is 0.0901. The third kappa shape index (κ3) is 5.34. The Hall–Kier alpha value is -3.42. The van der Waals surface area contributed by atoms with Crippen LogP contribution in [0.15, 0.2) is 47.6 Å². The van der Waals surface area contributed by atoms with Crippen LogP contribution in [0.5, 0.6) is 0 Å². The van der Waals surface area contributed by atoms with Crippen LogP contribution in [0.25, 0.3) is 0 Å². The number of rotatable bonds is 7. The Labute approximate surface area is 175 Å². The van der Waals surface area contributed by atoms with Crippen LogP contribution < -0.4 is 10.3 Å². The van der Waals surface area contributed by atoms with Crippen molar-refractivity contribution >= 4 is 29.2 Å². The zero-order valence-corrected chi connectivity index (χ0v) is 17.2. The number of hydrogen-bond donors (Lipinski definition) is 1. The Morgan fingerprint density at radius 3 is 2.60 bits per heavy atom. The van der Waals surface area contributed by atoms with Gasteiger partial charge in [0, 0.05) is 24.7 Å². The molecule has 1 aliphatic rings. The van der Waals surface area contributed by atoms with Gasteiger partial charge in [-0.15, -0.1) is 0 Å². The number of carbonyl (C=O) groups excluding carboxylic acids is 1. The van der Waals surface area contributed by atoms with Gasteiger partial charge >= 0.3 is 5.97 Å². The Kier molecular flexibility index (Phi) is 7.00. The fourth-order valence-electron chi connectivity index (χ4n) is 3.36. The normalized spacial score (nSPS) is 14.7. The molecule has 0 radical (unpaired) electrons. The van der Waals surface area contributed by atoms with Crippen molar-refractivity contribution in [3.05, 3.63) is 63.7 Å². The number of nitro groups is 1. The van der Waals surface area contributed by atoms with E-state index < -0.39 is 0 Å². The van der Waals surface area contributed by atoms with Crippen molar-refractivity contribution in [1.82, 2.24) is 0 Å². The lowest BCUT2D eigenvalue weighted by Gasteiger charge is -2.31. The molecule has 2 aromatic rings. The number of piperidine rings is 1. The van der Waals surface area contributed by atoms with Crippen LogP contribution in [0.4, 0.5) is 17.1 Å². The molecule has 0 aromatic heterocycles. The summed E-state index contributed by atoms with van der Waals surface area (Å²) in [7, 11) is 0. The van der Waals surface area contributed by atoms with E-state index in [0.29, 0.717) is 35.0 Å². The molecule has 3 rings (SSSR count). The first-order valence-corrected chi connectivity index (χ1v) is 10.1. The first-order chi connectivity index (χ1) is 14.5. The van der Waals surface area contributed by atoms with Crippen LogP contribution in [0.1, 0.15) is 42.6 Å². The smallest absolute Gasteiger partial charge is 0.338 e. The van der Waals surface area contributed by atoms with E-state index in [1.807, 2.05) is 6.07 Å². The van der Waals surface area contributed by atoms with Gasteiger partial charge in [0.2, 0.25) is 0 Å². The van der Waals surface area contributed by atoms with Gasteiger partial charge in [-0.1, -0.05) is 13.0 Å². The van der Waals surface area contributed by atoms with Crippen LogP contribution in [-0.4, -0.2) is 36.8 Å². The lowest BCUT2D eigenvalue weighted by Crippen LogP contribution is -2.33. The molecule has 1 saturated heterocycles. The third-order valence-corrected chi connectivity index (χ3v) is 5.12. The molecule has 0 saturated carbocycles. The molecule has 1 aliphatic heterocycles. The topological polar surface area (TPSA) is 97.1 Å². The molecule has 0 amide bonds. The first kappa shape index (κ1) is 21.3. The summed E-state index contributed by atoms with van der Waals surface area (Å²) in [5.41, 5.74) is 5.39. The number of hydrazone groups is 1. The van der Waals surface area contributed by atoms with Gasteiger partial charge in [-0.25, -0.2) is 4.79 Å². The number of benzene rings is 2. The zero-order valence-electron chi connectivity index (χ0n) is 17.2. The monoisotopic (exact) mass is 410 g/mol. The Balaban J connectivity index is 1.67. The Morgan fingerprint density at radius 1 is 1.27 bits per heavy atom. The van der Waals surface area contributed by atoms with Crippen LogP contribution in [0.2, 0.25) is 0 Å². The fourth-order valence-corrected chi connectivity index (χ4v) is 3.36. The summed E-state index contributed by atoms with van der Waals surface area (Å²) in [5.74, 6) is 0.284. The number of anilines is 2. The molecule has 2 aromatic carbocycles. The van der Waals surface area contributed by atoms with E-state index in [0.717, 1.165) is 25.9 Å².